The van der Waals surface area contributed by atoms with E-state index in [0.29, 0.717) is 11.3 Å². The average molecular weight is 312 g/mol. The van der Waals surface area contributed by atoms with E-state index < -0.39 is 5.91 Å². The third kappa shape index (κ3) is 5.65. The molecule has 0 heterocycles. The minimum Gasteiger partial charge on any atom is -0.484 e. The molecular weight excluding hydrogens is 292 g/mol. The number of hydrogen-bond acceptors (Lipinski definition) is 5. The van der Waals surface area contributed by atoms with Crippen LogP contribution in [0.15, 0.2) is 24.3 Å². The van der Waals surface area contributed by atoms with Crippen molar-refractivity contribution in [2.75, 3.05) is 19.5 Å². The van der Waals surface area contributed by atoms with Crippen molar-refractivity contribution in [1.82, 2.24) is 5.32 Å². The molecule has 0 aliphatic heterocycles. The predicted octanol–water partition coefficient (Wildman–Crippen LogP) is 0.393. The van der Waals surface area contributed by atoms with Gasteiger partial charge in [0.1, 0.15) is 5.75 Å². The van der Waals surface area contributed by atoms with E-state index in [2.05, 4.69) is 5.32 Å². The zero-order chi connectivity index (χ0) is 15.8. The summed E-state index contributed by atoms with van der Waals surface area (Å²) in [7, 11) is 0. The summed E-state index contributed by atoms with van der Waals surface area (Å²) in [6.45, 7) is 1.65. The van der Waals surface area contributed by atoms with Gasteiger partial charge in [0.25, 0.3) is 11.8 Å². The second kappa shape index (κ2) is 8.53. The van der Waals surface area contributed by atoms with Gasteiger partial charge in [0.15, 0.2) is 6.61 Å². The molecular formula is C14H20N2O4S. The number of benzene rings is 1. The van der Waals surface area contributed by atoms with Crippen molar-refractivity contribution in [3.8, 4) is 5.75 Å². The number of thioether (sulfide) groups is 1. The number of nitrogens with two attached hydrogens (primary N) is 1. The molecule has 2 atom stereocenters. The molecule has 6 nitrogen and oxygen atoms in total. The van der Waals surface area contributed by atoms with E-state index in [0.717, 1.165) is 0 Å². The van der Waals surface area contributed by atoms with Crippen molar-refractivity contribution in [3.05, 3.63) is 29.8 Å². The number of rotatable bonds is 8. The van der Waals surface area contributed by atoms with E-state index in [-0.39, 0.29) is 30.4 Å². The summed E-state index contributed by atoms with van der Waals surface area (Å²) in [5.41, 5.74) is 5.46. The number of carbonyl (C=O) groups is 2. The lowest BCUT2D eigenvalue weighted by atomic mass is 10.1. The van der Waals surface area contributed by atoms with Crippen molar-refractivity contribution in [1.29, 1.82) is 0 Å². The smallest absolute Gasteiger partial charge is 0.255 e. The number of nitrogens with one attached hydrogen (secondary N) is 1. The van der Waals surface area contributed by atoms with Crippen LogP contribution in [0.2, 0.25) is 0 Å². The maximum absolute atomic E-state index is 12.1. The quantitative estimate of drug-likeness (QED) is 0.644. The van der Waals surface area contributed by atoms with E-state index in [1.165, 1.54) is 11.8 Å². The van der Waals surface area contributed by atoms with Crippen LogP contribution < -0.4 is 15.8 Å². The Labute approximate surface area is 128 Å². The molecule has 0 saturated carbocycles. The van der Waals surface area contributed by atoms with Gasteiger partial charge in [-0.15, -0.1) is 0 Å². The van der Waals surface area contributed by atoms with Gasteiger partial charge in [0.05, 0.1) is 6.61 Å². The molecule has 0 aliphatic rings. The molecule has 0 bridgehead atoms. The van der Waals surface area contributed by atoms with Gasteiger partial charge in [-0.05, 0) is 37.4 Å². The minimum atomic E-state index is -0.558. The van der Waals surface area contributed by atoms with E-state index in [4.69, 9.17) is 10.5 Å². The molecule has 0 spiro atoms. The minimum absolute atomic E-state index is 0.00249. The van der Waals surface area contributed by atoms with Crippen LogP contribution in [0.4, 0.5) is 0 Å². The first-order valence-corrected chi connectivity index (χ1v) is 7.72. The summed E-state index contributed by atoms with van der Waals surface area (Å²) in [4.78, 5) is 22.7. The van der Waals surface area contributed by atoms with Gasteiger partial charge in [0, 0.05) is 16.9 Å². The molecule has 116 valence electrons. The van der Waals surface area contributed by atoms with E-state index in [9.17, 15) is 14.7 Å². The van der Waals surface area contributed by atoms with Crippen LogP contribution in [0.25, 0.3) is 0 Å². The van der Waals surface area contributed by atoms with Crippen LogP contribution in [0.5, 0.6) is 5.75 Å². The first kappa shape index (κ1) is 17.3. The number of carbonyl (C=O) groups excluding carboxylic acids is 2. The number of aliphatic hydroxyl groups is 1. The topological polar surface area (TPSA) is 102 Å². The van der Waals surface area contributed by atoms with Crippen LogP contribution >= 0.6 is 11.8 Å². The lowest BCUT2D eigenvalue weighted by Gasteiger charge is -2.21. The molecule has 0 aliphatic carbocycles. The van der Waals surface area contributed by atoms with Crippen LogP contribution in [0.1, 0.15) is 17.3 Å². The third-order valence-electron chi connectivity index (χ3n) is 2.90. The van der Waals surface area contributed by atoms with Crippen LogP contribution in [-0.2, 0) is 4.79 Å². The molecule has 0 aromatic heterocycles. The molecule has 7 heteroatoms. The standard InChI is InChI=1S/C14H20N2O4S/c1-9(12(7-17)21-2)16-14(19)10-3-5-11(6-4-10)20-8-13(15)18/h3-6,9,12,17H,7-8H2,1-2H3,(H2,15,18)(H,16,19). The summed E-state index contributed by atoms with van der Waals surface area (Å²) in [5, 5.41) is 12.0. The highest BCUT2D eigenvalue weighted by Gasteiger charge is 2.18. The highest BCUT2D eigenvalue weighted by atomic mass is 32.2. The molecule has 21 heavy (non-hydrogen) atoms. The van der Waals surface area contributed by atoms with Crippen molar-refractivity contribution in [2.24, 2.45) is 5.73 Å². The maximum atomic E-state index is 12.1. The Morgan fingerprint density at radius 3 is 2.48 bits per heavy atom. The highest BCUT2D eigenvalue weighted by molar-refractivity contribution is 7.99. The molecule has 2 amide bonds. The Morgan fingerprint density at radius 1 is 1.38 bits per heavy atom. The SMILES string of the molecule is CSC(CO)C(C)NC(=O)c1ccc(OCC(N)=O)cc1. The highest BCUT2D eigenvalue weighted by Crippen LogP contribution is 2.14. The van der Waals surface area contributed by atoms with Crippen molar-refractivity contribution in [3.63, 3.8) is 0 Å². The first-order chi connectivity index (χ1) is 9.97. The van der Waals surface area contributed by atoms with E-state index >= 15 is 0 Å². The summed E-state index contributed by atoms with van der Waals surface area (Å²) >= 11 is 1.50. The fraction of sp³-hybridized carbons (Fsp3) is 0.429. The zero-order valence-electron chi connectivity index (χ0n) is 12.0. The summed E-state index contributed by atoms with van der Waals surface area (Å²) < 4.78 is 5.11. The van der Waals surface area contributed by atoms with Crippen molar-refractivity contribution < 1.29 is 19.4 Å². The van der Waals surface area contributed by atoms with E-state index in [1.54, 1.807) is 24.3 Å². The Kier molecular flexibility index (Phi) is 7.04. The normalized spacial score (nSPS) is 13.3. The molecule has 1 aromatic rings. The number of primary amides is 1. The average Bonchev–Trinajstić information content (AvgIpc) is 2.46. The molecule has 4 N–H and O–H groups in total. The third-order valence-corrected chi connectivity index (χ3v) is 4.06. The first-order valence-electron chi connectivity index (χ1n) is 6.43. The summed E-state index contributed by atoms with van der Waals surface area (Å²) in [5.74, 6) is -0.315. The van der Waals surface area contributed by atoms with Gasteiger partial charge in [-0.1, -0.05) is 0 Å². The Balaban J connectivity index is 2.60. The van der Waals surface area contributed by atoms with Crippen molar-refractivity contribution >= 4 is 23.6 Å². The Morgan fingerprint density at radius 2 is 2.00 bits per heavy atom. The Hall–Kier alpha value is -1.73. The summed E-state index contributed by atoms with van der Waals surface area (Å²) in [6.07, 6.45) is 1.88. The fourth-order valence-corrected chi connectivity index (χ4v) is 2.30. The van der Waals surface area contributed by atoms with Gasteiger partial charge in [-0.3, -0.25) is 9.59 Å². The van der Waals surface area contributed by atoms with E-state index in [1.807, 2.05) is 13.2 Å². The molecule has 1 aromatic carbocycles. The number of hydrogen-bond donors (Lipinski definition) is 3. The number of ether oxygens (including phenoxy) is 1. The fourth-order valence-electron chi connectivity index (χ4n) is 1.68. The number of aliphatic hydroxyl groups excluding tert-OH is 1. The summed E-state index contributed by atoms with van der Waals surface area (Å²) in [6, 6.07) is 6.25. The largest absolute Gasteiger partial charge is 0.484 e. The van der Waals surface area contributed by atoms with Crippen LogP contribution in [0.3, 0.4) is 0 Å². The Bertz CT molecular complexity index is 474. The molecule has 0 saturated heterocycles. The molecule has 0 fully saturated rings. The van der Waals surface area contributed by atoms with Crippen molar-refractivity contribution in [2.45, 2.75) is 18.2 Å². The molecule has 2 unspecified atom stereocenters. The molecule has 1 rings (SSSR count). The lowest BCUT2D eigenvalue weighted by molar-refractivity contribution is -0.119. The monoisotopic (exact) mass is 312 g/mol. The lowest BCUT2D eigenvalue weighted by Crippen LogP contribution is -2.41. The van der Waals surface area contributed by atoms with Crippen LogP contribution in [-0.4, -0.2) is 47.7 Å². The van der Waals surface area contributed by atoms with Gasteiger partial charge < -0.3 is 20.9 Å². The van der Waals surface area contributed by atoms with Crippen LogP contribution in [0, 0.1) is 0 Å². The zero-order valence-corrected chi connectivity index (χ0v) is 12.9. The second-order valence-corrected chi connectivity index (χ2v) is 5.58. The van der Waals surface area contributed by atoms with Gasteiger partial charge >= 0.3 is 0 Å². The molecule has 0 radical (unpaired) electrons. The van der Waals surface area contributed by atoms with Gasteiger partial charge in [-0.25, -0.2) is 0 Å². The predicted molar refractivity (Wildman–Crippen MR) is 82.4 cm³/mol. The maximum Gasteiger partial charge on any atom is 0.255 e. The van der Waals surface area contributed by atoms with Gasteiger partial charge in [0.2, 0.25) is 0 Å². The second-order valence-electron chi connectivity index (χ2n) is 4.50. The number of amides is 2. The van der Waals surface area contributed by atoms with Gasteiger partial charge in [-0.2, -0.15) is 11.8 Å².